The quantitative estimate of drug-likeness (QED) is 0.538. The molecule has 2 aromatic carbocycles. The predicted molar refractivity (Wildman–Crippen MR) is 98.8 cm³/mol. The van der Waals surface area contributed by atoms with Crippen molar-refractivity contribution in [3.63, 3.8) is 0 Å². The van der Waals surface area contributed by atoms with Crippen LogP contribution in [0.15, 0.2) is 60.8 Å². The van der Waals surface area contributed by atoms with Crippen LogP contribution in [0.2, 0.25) is 0 Å². The Morgan fingerprint density at radius 3 is 2.76 bits per heavy atom. The predicted octanol–water partition coefficient (Wildman–Crippen LogP) is 4.87. The molecule has 2 aromatic heterocycles. The molecule has 1 aliphatic rings. The number of rotatable bonds is 3. The van der Waals surface area contributed by atoms with Crippen LogP contribution in [0.1, 0.15) is 25.7 Å². The van der Waals surface area contributed by atoms with Gasteiger partial charge in [0.15, 0.2) is 11.5 Å². The molecule has 0 spiro atoms. The second-order valence-electron chi connectivity index (χ2n) is 6.66. The first-order valence-electron chi connectivity index (χ1n) is 8.88. The fraction of sp³-hybridized carbons (Fsp3) is 0.238. The molecule has 25 heavy (non-hydrogen) atoms. The normalized spacial score (nSPS) is 15.2. The number of ether oxygens (including phenoxy) is 1. The molecule has 1 fully saturated rings. The van der Waals surface area contributed by atoms with Crippen LogP contribution >= 0.6 is 0 Å². The standard InChI is InChI=1S/C21H19N3O/c1-4-11-19-15(6-1)12-13-24-21(19)22-20(23-24)16-7-5-10-18(14-16)25-17-8-2-3-9-17/h1,4-7,10-14,17H,2-3,8-9H2. The zero-order chi connectivity index (χ0) is 16.6. The minimum absolute atomic E-state index is 0.355. The number of aromatic nitrogens is 3. The van der Waals surface area contributed by atoms with Crippen LogP contribution in [-0.2, 0) is 0 Å². The maximum atomic E-state index is 6.12. The molecule has 0 unspecified atom stereocenters. The second kappa shape index (κ2) is 5.88. The van der Waals surface area contributed by atoms with Crippen molar-refractivity contribution in [2.45, 2.75) is 31.8 Å². The van der Waals surface area contributed by atoms with E-state index in [0.29, 0.717) is 6.10 Å². The largest absolute Gasteiger partial charge is 0.490 e. The van der Waals surface area contributed by atoms with Crippen LogP contribution in [-0.4, -0.2) is 20.7 Å². The number of hydrogen-bond donors (Lipinski definition) is 0. The molecular weight excluding hydrogens is 310 g/mol. The van der Waals surface area contributed by atoms with E-state index in [2.05, 4.69) is 29.4 Å². The highest BCUT2D eigenvalue weighted by Crippen LogP contribution is 2.28. The molecule has 1 saturated carbocycles. The Kier molecular flexibility index (Phi) is 3.40. The van der Waals surface area contributed by atoms with Gasteiger partial charge in [0.1, 0.15) is 5.75 Å². The monoisotopic (exact) mass is 329 g/mol. The molecule has 0 amide bonds. The lowest BCUT2D eigenvalue weighted by Crippen LogP contribution is -2.10. The summed E-state index contributed by atoms with van der Waals surface area (Å²) in [4.78, 5) is 4.78. The Labute approximate surface area is 146 Å². The Morgan fingerprint density at radius 2 is 1.84 bits per heavy atom. The molecule has 4 nitrogen and oxygen atoms in total. The molecular formula is C21H19N3O. The van der Waals surface area contributed by atoms with Gasteiger partial charge in [-0.15, -0.1) is 5.10 Å². The third-order valence-electron chi connectivity index (χ3n) is 4.93. The van der Waals surface area contributed by atoms with Crippen LogP contribution in [0, 0.1) is 0 Å². The summed E-state index contributed by atoms with van der Waals surface area (Å²) < 4.78 is 7.97. The fourth-order valence-electron chi connectivity index (χ4n) is 3.64. The lowest BCUT2D eigenvalue weighted by molar-refractivity contribution is 0.210. The topological polar surface area (TPSA) is 39.4 Å². The van der Waals surface area contributed by atoms with Gasteiger partial charge in [0.25, 0.3) is 0 Å². The molecule has 0 saturated heterocycles. The van der Waals surface area contributed by atoms with Crippen LogP contribution in [0.5, 0.6) is 5.75 Å². The zero-order valence-electron chi connectivity index (χ0n) is 13.9. The number of pyridine rings is 1. The summed E-state index contributed by atoms with van der Waals surface area (Å²) in [5.74, 6) is 1.64. The van der Waals surface area contributed by atoms with Gasteiger partial charge in [-0.3, -0.25) is 0 Å². The molecule has 5 rings (SSSR count). The van der Waals surface area contributed by atoms with Crippen LogP contribution < -0.4 is 4.74 Å². The first kappa shape index (κ1) is 14.5. The Balaban J connectivity index is 1.55. The Hall–Kier alpha value is -2.88. The molecule has 0 N–H and O–H groups in total. The van der Waals surface area contributed by atoms with E-state index in [-0.39, 0.29) is 0 Å². The minimum atomic E-state index is 0.355. The molecule has 4 aromatic rings. The SMILES string of the molecule is c1cc(OC2CCCC2)cc(-c2nc3c4ccccc4ccn3n2)c1. The number of fused-ring (bicyclic) bond motifs is 3. The summed E-state index contributed by atoms with van der Waals surface area (Å²) in [5.41, 5.74) is 1.87. The molecule has 4 heteroatoms. The molecule has 0 atom stereocenters. The maximum Gasteiger partial charge on any atom is 0.182 e. The van der Waals surface area contributed by atoms with E-state index in [1.54, 1.807) is 0 Å². The van der Waals surface area contributed by atoms with Crippen molar-refractivity contribution in [3.05, 3.63) is 60.8 Å². The lowest BCUT2D eigenvalue weighted by Gasteiger charge is -2.13. The van der Waals surface area contributed by atoms with Crippen molar-refractivity contribution in [3.8, 4) is 17.1 Å². The maximum absolute atomic E-state index is 6.12. The average Bonchev–Trinajstić information content (AvgIpc) is 3.31. The zero-order valence-corrected chi connectivity index (χ0v) is 13.9. The molecule has 1 aliphatic carbocycles. The van der Waals surface area contributed by atoms with Gasteiger partial charge in [0.05, 0.1) is 6.10 Å². The summed E-state index contributed by atoms with van der Waals surface area (Å²) in [5, 5.41) is 6.94. The van der Waals surface area contributed by atoms with E-state index in [1.165, 1.54) is 18.2 Å². The van der Waals surface area contributed by atoms with Gasteiger partial charge in [-0.1, -0.05) is 36.4 Å². The first-order valence-corrected chi connectivity index (χ1v) is 8.88. The second-order valence-corrected chi connectivity index (χ2v) is 6.66. The number of nitrogens with zero attached hydrogens (tertiary/aromatic N) is 3. The summed E-state index contributed by atoms with van der Waals surface area (Å²) in [7, 11) is 0. The van der Waals surface area contributed by atoms with Gasteiger partial charge in [-0.25, -0.2) is 9.50 Å². The molecule has 124 valence electrons. The smallest absolute Gasteiger partial charge is 0.182 e. The average molecular weight is 329 g/mol. The minimum Gasteiger partial charge on any atom is -0.490 e. The molecule has 2 heterocycles. The van der Waals surface area contributed by atoms with E-state index in [9.17, 15) is 0 Å². The van der Waals surface area contributed by atoms with E-state index >= 15 is 0 Å². The number of benzene rings is 2. The summed E-state index contributed by atoms with van der Waals surface area (Å²) in [6.07, 6.45) is 7.17. The highest BCUT2D eigenvalue weighted by molar-refractivity contribution is 5.94. The third-order valence-corrected chi connectivity index (χ3v) is 4.93. The van der Waals surface area contributed by atoms with E-state index in [0.717, 1.165) is 41.0 Å². The van der Waals surface area contributed by atoms with Crippen LogP contribution in [0.4, 0.5) is 0 Å². The highest BCUT2D eigenvalue weighted by Gasteiger charge is 2.17. The van der Waals surface area contributed by atoms with E-state index in [1.807, 2.05) is 41.0 Å². The first-order chi connectivity index (χ1) is 12.4. The van der Waals surface area contributed by atoms with Crippen molar-refractivity contribution in [1.29, 1.82) is 0 Å². The Bertz CT molecular complexity index is 1050. The van der Waals surface area contributed by atoms with E-state index in [4.69, 9.17) is 9.72 Å². The van der Waals surface area contributed by atoms with Crippen molar-refractivity contribution in [2.75, 3.05) is 0 Å². The van der Waals surface area contributed by atoms with Crippen molar-refractivity contribution >= 4 is 16.4 Å². The van der Waals surface area contributed by atoms with Crippen molar-refractivity contribution in [1.82, 2.24) is 14.6 Å². The summed E-state index contributed by atoms with van der Waals surface area (Å²) in [6.45, 7) is 0. The fourth-order valence-corrected chi connectivity index (χ4v) is 3.64. The van der Waals surface area contributed by atoms with Gasteiger partial charge >= 0.3 is 0 Å². The molecule has 0 bridgehead atoms. The van der Waals surface area contributed by atoms with Gasteiger partial charge in [-0.05, 0) is 49.3 Å². The highest BCUT2D eigenvalue weighted by atomic mass is 16.5. The van der Waals surface area contributed by atoms with Gasteiger partial charge in [-0.2, -0.15) is 0 Å². The number of hydrogen-bond acceptors (Lipinski definition) is 3. The van der Waals surface area contributed by atoms with Crippen LogP contribution in [0.3, 0.4) is 0 Å². The third kappa shape index (κ3) is 2.64. The van der Waals surface area contributed by atoms with Crippen LogP contribution in [0.25, 0.3) is 27.8 Å². The van der Waals surface area contributed by atoms with Crippen molar-refractivity contribution in [2.24, 2.45) is 0 Å². The lowest BCUT2D eigenvalue weighted by atomic mass is 10.2. The van der Waals surface area contributed by atoms with Crippen molar-refractivity contribution < 1.29 is 4.74 Å². The Morgan fingerprint density at radius 1 is 0.960 bits per heavy atom. The van der Waals surface area contributed by atoms with Gasteiger partial charge in [0.2, 0.25) is 0 Å². The molecule has 0 radical (unpaired) electrons. The van der Waals surface area contributed by atoms with Gasteiger partial charge in [0, 0.05) is 17.1 Å². The summed E-state index contributed by atoms with van der Waals surface area (Å²) >= 11 is 0. The molecule has 0 aliphatic heterocycles. The van der Waals surface area contributed by atoms with E-state index < -0.39 is 0 Å². The summed E-state index contributed by atoms with van der Waals surface area (Å²) in [6, 6.07) is 18.5. The van der Waals surface area contributed by atoms with Gasteiger partial charge < -0.3 is 4.74 Å².